The maximum atomic E-state index is 11.5. The van der Waals surface area contributed by atoms with Crippen LogP contribution >= 0.6 is 11.3 Å². The number of amides is 1. The highest BCUT2D eigenvalue weighted by Gasteiger charge is 2.08. The zero-order chi connectivity index (χ0) is 13.4. The zero-order valence-corrected chi connectivity index (χ0v) is 10.8. The van der Waals surface area contributed by atoms with Gasteiger partial charge in [0.05, 0.1) is 0 Å². The van der Waals surface area contributed by atoms with E-state index in [0.717, 1.165) is 19.3 Å². The summed E-state index contributed by atoms with van der Waals surface area (Å²) in [5.41, 5.74) is 5.78. The Kier molecular flexibility index (Phi) is 6.13. The van der Waals surface area contributed by atoms with Crippen molar-refractivity contribution in [1.29, 1.82) is 0 Å². The van der Waals surface area contributed by atoms with Crippen molar-refractivity contribution in [1.82, 2.24) is 10.3 Å². The van der Waals surface area contributed by atoms with Crippen molar-refractivity contribution in [2.24, 2.45) is 0 Å². The van der Waals surface area contributed by atoms with E-state index < -0.39 is 5.97 Å². The molecule has 4 N–H and O–H groups in total. The van der Waals surface area contributed by atoms with Gasteiger partial charge in [0, 0.05) is 18.3 Å². The van der Waals surface area contributed by atoms with E-state index in [1.54, 1.807) is 5.38 Å². The Bertz CT molecular complexity index is 406. The lowest BCUT2D eigenvalue weighted by molar-refractivity contribution is -0.137. The fraction of sp³-hybridized carbons (Fsp3) is 0.545. The predicted molar refractivity (Wildman–Crippen MR) is 69.6 cm³/mol. The van der Waals surface area contributed by atoms with Crippen LogP contribution in [0, 0.1) is 0 Å². The molecule has 1 heterocycles. The third-order valence-electron chi connectivity index (χ3n) is 2.36. The van der Waals surface area contributed by atoms with Crippen molar-refractivity contribution in [2.45, 2.75) is 32.1 Å². The van der Waals surface area contributed by atoms with Crippen molar-refractivity contribution >= 4 is 28.3 Å². The minimum Gasteiger partial charge on any atom is -0.481 e. The summed E-state index contributed by atoms with van der Waals surface area (Å²) in [6.45, 7) is 0.573. The maximum Gasteiger partial charge on any atom is 0.303 e. The lowest BCUT2D eigenvalue weighted by atomic mass is 10.1. The smallest absolute Gasteiger partial charge is 0.303 e. The number of thiazole rings is 1. The Morgan fingerprint density at radius 3 is 2.67 bits per heavy atom. The number of nitrogens with zero attached hydrogens (tertiary/aromatic N) is 1. The number of carboxylic acids is 1. The van der Waals surface area contributed by atoms with E-state index in [9.17, 15) is 9.59 Å². The average Bonchev–Trinajstić information content (AvgIpc) is 2.74. The number of nitrogens with two attached hydrogens (primary N) is 1. The van der Waals surface area contributed by atoms with Gasteiger partial charge in [-0.3, -0.25) is 9.59 Å². The summed E-state index contributed by atoms with van der Waals surface area (Å²) in [7, 11) is 0. The van der Waals surface area contributed by atoms with Gasteiger partial charge >= 0.3 is 5.97 Å². The minimum absolute atomic E-state index is 0.213. The van der Waals surface area contributed by atoms with E-state index in [1.165, 1.54) is 11.3 Å². The van der Waals surface area contributed by atoms with Gasteiger partial charge in [-0.15, -0.1) is 11.3 Å². The first-order chi connectivity index (χ1) is 8.59. The summed E-state index contributed by atoms with van der Waals surface area (Å²) in [5, 5.41) is 13.2. The van der Waals surface area contributed by atoms with Crippen LogP contribution < -0.4 is 11.1 Å². The number of anilines is 1. The molecule has 1 aromatic rings. The first-order valence-electron chi connectivity index (χ1n) is 5.80. The molecule has 0 unspecified atom stereocenters. The number of nitrogens with one attached hydrogen (secondary N) is 1. The Morgan fingerprint density at radius 2 is 2.06 bits per heavy atom. The van der Waals surface area contributed by atoms with Gasteiger partial charge in [0.2, 0.25) is 0 Å². The highest BCUT2D eigenvalue weighted by atomic mass is 32.1. The van der Waals surface area contributed by atoms with Gasteiger partial charge in [-0.2, -0.15) is 0 Å². The number of hydrogen-bond acceptors (Lipinski definition) is 5. The molecule has 1 amide bonds. The molecule has 18 heavy (non-hydrogen) atoms. The standard InChI is InChI=1S/C11H17N3O3S/c12-11-14-8(7-18-11)10(17)13-6-4-2-1-3-5-9(15)16/h7H,1-6H2,(H2,12,14)(H,13,17)(H,15,16). The Hall–Kier alpha value is -1.63. The third-order valence-corrected chi connectivity index (χ3v) is 3.03. The van der Waals surface area contributed by atoms with Gasteiger partial charge in [-0.1, -0.05) is 12.8 Å². The van der Waals surface area contributed by atoms with Gasteiger partial charge < -0.3 is 16.2 Å². The second-order valence-electron chi connectivity index (χ2n) is 3.88. The first-order valence-corrected chi connectivity index (χ1v) is 6.68. The number of carbonyl (C=O) groups excluding carboxylic acids is 1. The fourth-order valence-corrected chi connectivity index (χ4v) is 1.98. The van der Waals surface area contributed by atoms with Gasteiger partial charge in [-0.25, -0.2) is 4.98 Å². The van der Waals surface area contributed by atoms with Crippen molar-refractivity contribution in [3.05, 3.63) is 11.1 Å². The van der Waals surface area contributed by atoms with Crippen LogP contribution in [0.2, 0.25) is 0 Å². The SMILES string of the molecule is Nc1nc(C(=O)NCCCCCCC(=O)O)cs1. The highest BCUT2D eigenvalue weighted by molar-refractivity contribution is 7.13. The quantitative estimate of drug-likeness (QED) is 0.621. The van der Waals surface area contributed by atoms with Crippen LogP contribution in [-0.4, -0.2) is 28.5 Å². The molecule has 100 valence electrons. The van der Waals surface area contributed by atoms with Crippen LogP contribution in [0.15, 0.2) is 5.38 Å². The minimum atomic E-state index is -0.760. The van der Waals surface area contributed by atoms with Crippen molar-refractivity contribution < 1.29 is 14.7 Å². The number of nitrogen functional groups attached to an aromatic ring is 1. The summed E-state index contributed by atoms with van der Waals surface area (Å²) in [6.07, 6.45) is 3.51. The molecule has 0 aliphatic heterocycles. The molecule has 0 saturated carbocycles. The molecule has 1 aromatic heterocycles. The molecular weight excluding hydrogens is 254 g/mol. The van der Waals surface area contributed by atoms with Crippen LogP contribution in [0.3, 0.4) is 0 Å². The molecule has 0 radical (unpaired) electrons. The third kappa shape index (κ3) is 5.62. The van der Waals surface area contributed by atoms with Gasteiger partial charge in [0.15, 0.2) is 5.13 Å². The van der Waals surface area contributed by atoms with Crippen LogP contribution in [0.4, 0.5) is 5.13 Å². The van der Waals surface area contributed by atoms with Gasteiger partial charge in [0.25, 0.3) is 5.91 Å². The number of carboxylic acid groups (broad SMARTS) is 1. The topological polar surface area (TPSA) is 105 Å². The van der Waals surface area contributed by atoms with Crippen LogP contribution in [0.25, 0.3) is 0 Å². The predicted octanol–water partition coefficient (Wildman–Crippen LogP) is 1.49. The summed E-state index contributed by atoms with van der Waals surface area (Å²) in [5.74, 6) is -0.974. The Labute approximate surface area is 109 Å². The van der Waals surface area contributed by atoms with E-state index in [2.05, 4.69) is 10.3 Å². The van der Waals surface area contributed by atoms with Crippen LogP contribution in [0.1, 0.15) is 42.6 Å². The monoisotopic (exact) mass is 271 g/mol. The largest absolute Gasteiger partial charge is 0.481 e. The molecule has 6 nitrogen and oxygen atoms in total. The lowest BCUT2D eigenvalue weighted by Crippen LogP contribution is -2.24. The zero-order valence-electron chi connectivity index (χ0n) is 10.0. The summed E-state index contributed by atoms with van der Waals surface area (Å²) >= 11 is 1.24. The number of hydrogen-bond donors (Lipinski definition) is 3. The molecule has 1 rings (SSSR count). The second kappa shape index (κ2) is 7.65. The number of aliphatic carboxylic acids is 1. The summed E-state index contributed by atoms with van der Waals surface area (Å²) in [4.78, 5) is 25.7. The molecule has 0 aliphatic carbocycles. The average molecular weight is 271 g/mol. The van der Waals surface area contributed by atoms with Crippen molar-refractivity contribution in [2.75, 3.05) is 12.3 Å². The fourth-order valence-electron chi connectivity index (χ4n) is 1.44. The maximum absolute atomic E-state index is 11.5. The van der Waals surface area contributed by atoms with Gasteiger partial charge in [0.1, 0.15) is 5.69 Å². The number of rotatable bonds is 8. The lowest BCUT2D eigenvalue weighted by Gasteiger charge is -2.02. The van der Waals surface area contributed by atoms with E-state index in [1.807, 2.05) is 0 Å². The van der Waals surface area contributed by atoms with E-state index in [4.69, 9.17) is 10.8 Å². The molecule has 0 atom stereocenters. The molecule has 0 aromatic carbocycles. The van der Waals surface area contributed by atoms with E-state index >= 15 is 0 Å². The van der Waals surface area contributed by atoms with E-state index in [-0.39, 0.29) is 12.3 Å². The van der Waals surface area contributed by atoms with E-state index in [0.29, 0.717) is 23.8 Å². The molecule has 0 spiro atoms. The molecule has 0 fully saturated rings. The highest BCUT2D eigenvalue weighted by Crippen LogP contribution is 2.10. The molecule has 7 heteroatoms. The summed E-state index contributed by atoms with van der Waals surface area (Å²) < 4.78 is 0. The number of aromatic nitrogens is 1. The number of unbranched alkanes of at least 4 members (excludes halogenated alkanes) is 3. The summed E-state index contributed by atoms with van der Waals surface area (Å²) in [6, 6.07) is 0. The molecular formula is C11H17N3O3S. The van der Waals surface area contributed by atoms with Crippen LogP contribution in [-0.2, 0) is 4.79 Å². The van der Waals surface area contributed by atoms with Crippen LogP contribution in [0.5, 0.6) is 0 Å². The Morgan fingerprint density at radius 1 is 1.33 bits per heavy atom. The Balaban J connectivity index is 2.04. The van der Waals surface area contributed by atoms with Crippen molar-refractivity contribution in [3.63, 3.8) is 0 Å². The first kappa shape index (κ1) is 14.4. The normalized spacial score (nSPS) is 10.2. The molecule has 0 bridgehead atoms. The second-order valence-corrected chi connectivity index (χ2v) is 4.77. The van der Waals surface area contributed by atoms with Gasteiger partial charge in [-0.05, 0) is 12.8 Å². The molecule has 0 aliphatic rings. The molecule has 0 saturated heterocycles. The number of carbonyl (C=O) groups is 2. The van der Waals surface area contributed by atoms with Crippen molar-refractivity contribution in [3.8, 4) is 0 Å².